The molecule has 0 amide bonds. The normalized spacial score (nSPS) is 18.4. The number of aliphatic hydroxyl groups excluding tert-OH is 1. The predicted molar refractivity (Wildman–Crippen MR) is 89.7 cm³/mol. The van der Waals surface area contributed by atoms with Gasteiger partial charge in [0.25, 0.3) is 0 Å². The summed E-state index contributed by atoms with van der Waals surface area (Å²) in [5.41, 5.74) is 2.53. The predicted octanol–water partition coefficient (Wildman–Crippen LogP) is 2.39. The molecule has 0 radical (unpaired) electrons. The summed E-state index contributed by atoms with van der Waals surface area (Å²) in [5, 5.41) is 12.4. The smallest absolute Gasteiger partial charge is 0.0587 e. The number of halogens is 1. The molecule has 1 heterocycles. The van der Waals surface area contributed by atoms with E-state index in [-0.39, 0.29) is 0 Å². The number of nitrogens with one attached hydrogen (secondary N) is 1. The molecular formula is C16H25BrN2O2. The second-order valence-electron chi connectivity index (χ2n) is 5.57. The zero-order valence-corrected chi connectivity index (χ0v) is 14.2. The van der Waals surface area contributed by atoms with Crippen LogP contribution in [0.5, 0.6) is 0 Å². The molecule has 1 aromatic rings. The maximum absolute atomic E-state index is 9.05. The van der Waals surface area contributed by atoms with Crippen molar-refractivity contribution in [1.29, 1.82) is 0 Å². The second-order valence-corrected chi connectivity index (χ2v) is 6.42. The molecule has 1 aliphatic heterocycles. The fourth-order valence-electron chi connectivity index (χ4n) is 2.79. The lowest BCUT2D eigenvalue weighted by molar-refractivity contribution is 0.199. The van der Waals surface area contributed by atoms with Crippen LogP contribution in [0.3, 0.4) is 0 Å². The number of benzene rings is 1. The van der Waals surface area contributed by atoms with Crippen molar-refractivity contribution in [2.75, 3.05) is 44.9 Å². The van der Waals surface area contributed by atoms with Gasteiger partial charge in [0, 0.05) is 44.4 Å². The number of anilines is 1. The number of aliphatic hydroxyl groups is 1. The summed E-state index contributed by atoms with van der Waals surface area (Å²) in [4.78, 5) is 2.41. The minimum Gasteiger partial charge on any atom is -0.396 e. The zero-order chi connectivity index (χ0) is 15.1. The average Bonchev–Trinajstić information content (AvgIpc) is 2.92. The van der Waals surface area contributed by atoms with Crippen molar-refractivity contribution in [2.45, 2.75) is 19.4 Å². The quantitative estimate of drug-likeness (QED) is 0.702. The van der Waals surface area contributed by atoms with Crippen molar-refractivity contribution in [3.63, 3.8) is 0 Å². The molecule has 1 unspecified atom stereocenters. The fraction of sp³-hybridized carbons (Fsp3) is 0.625. The Morgan fingerprint density at radius 2 is 2.33 bits per heavy atom. The third kappa shape index (κ3) is 4.95. The Hall–Kier alpha value is -0.620. The number of rotatable bonds is 8. The summed E-state index contributed by atoms with van der Waals surface area (Å²) in [5.74, 6) is 0.622. The van der Waals surface area contributed by atoms with Crippen LogP contribution in [-0.4, -0.2) is 45.1 Å². The largest absolute Gasteiger partial charge is 0.396 e. The van der Waals surface area contributed by atoms with Gasteiger partial charge in [0.2, 0.25) is 0 Å². The van der Waals surface area contributed by atoms with E-state index < -0.39 is 0 Å². The lowest BCUT2D eigenvalue weighted by Crippen LogP contribution is -2.21. The minimum absolute atomic E-state index is 0.297. The van der Waals surface area contributed by atoms with E-state index in [1.54, 1.807) is 7.11 Å². The lowest BCUT2D eigenvalue weighted by Gasteiger charge is -2.21. The minimum atomic E-state index is 0.297. The van der Waals surface area contributed by atoms with Crippen LogP contribution in [0.15, 0.2) is 22.7 Å². The van der Waals surface area contributed by atoms with Gasteiger partial charge in [-0.05, 0) is 52.4 Å². The topological polar surface area (TPSA) is 44.7 Å². The van der Waals surface area contributed by atoms with Gasteiger partial charge in [0.15, 0.2) is 0 Å². The molecule has 2 N–H and O–H groups in total. The first kappa shape index (κ1) is 16.7. The highest BCUT2D eigenvalue weighted by molar-refractivity contribution is 9.10. The molecule has 0 saturated carbocycles. The van der Waals surface area contributed by atoms with Gasteiger partial charge < -0.3 is 20.1 Å². The Morgan fingerprint density at radius 3 is 3.05 bits per heavy atom. The van der Waals surface area contributed by atoms with E-state index in [1.807, 2.05) is 0 Å². The fourth-order valence-corrected chi connectivity index (χ4v) is 3.47. The average molecular weight is 357 g/mol. The highest BCUT2D eigenvalue weighted by atomic mass is 79.9. The van der Waals surface area contributed by atoms with Crippen LogP contribution < -0.4 is 10.2 Å². The summed E-state index contributed by atoms with van der Waals surface area (Å²) in [6.45, 7) is 4.88. The molecule has 1 saturated heterocycles. The van der Waals surface area contributed by atoms with Crippen LogP contribution in [0, 0.1) is 5.92 Å². The lowest BCUT2D eigenvalue weighted by atomic mass is 10.1. The van der Waals surface area contributed by atoms with Gasteiger partial charge in [-0.1, -0.05) is 6.07 Å². The van der Waals surface area contributed by atoms with Gasteiger partial charge in [-0.15, -0.1) is 0 Å². The molecule has 118 valence electrons. The third-order valence-corrected chi connectivity index (χ3v) is 4.62. The van der Waals surface area contributed by atoms with Crippen LogP contribution in [-0.2, 0) is 11.3 Å². The van der Waals surface area contributed by atoms with Crippen LogP contribution in [0.4, 0.5) is 5.69 Å². The Morgan fingerprint density at radius 1 is 1.48 bits per heavy atom. The van der Waals surface area contributed by atoms with Crippen molar-refractivity contribution < 1.29 is 9.84 Å². The molecule has 1 atom stereocenters. The van der Waals surface area contributed by atoms with Gasteiger partial charge in [0.1, 0.15) is 0 Å². The SMILES string of the molecule is COCCNCc1ccc(N2CCC(CCO)C2)c(Br)c1. The van der Waals surface area contributed by atoms with Crippen LogP contribution in [0.2, 0.25) is 0 Å². The first-order valence-corrected chi connectivity index (χ1v) is 8.37. The van der Waals surface area contributed by atoms with Crippen molar-refractivity contribution in [3.8, 4) is 0 Å². The number of hydrogen-bond acceptors (Lipinski definition) is 4. The molecule has 1 fully saturated rings. The van der Waals surface area contributed by atoms with Crippen molar-refractivity contribution in [1.82, 2.24) is 5.32 Å². The van der Waals surface area contributed by atoms with E-state index in [0.717, 1.165) is 43.7 Å². The van der Waals surface area contributed by atoms with E-state index >= 15 is 0 Å². The molecule has 1 aromatic carbocycles. The van der Waals surface area contributed by atoms with Crippen LogP contribution >= 0.6 is 15.9 Å². The van der Waals surface area contributed by atoms with Crippen molar-refractivity contribution >= 4 is 21.6 Å². The molecule has 21 heavy (non-hydrogen) atoms. The molecule has 0 aliphatic carbocycles. The van der Waals surface area contributed by atoms with Crippen LogP contribution in [0.1, 0.15) is 18.4 Å². The monoisotopic (exact) mass is 356 g/mol. The van der Waals surface area contributed by atoms with E-state index in [1.165, 1.54) is 17.7 Å². The first-order valence-electron chi connectivity index (χ1n) is 7.58. The van der Waals surface area contributed by atoms with E-state index in [9.17, 15) is 0 Å². The maximum atomic E-state index is 9.05. The Balaban J connectivity index is 1.90. The maximum Gasteiger partial charge on any atom is 0.0587 e. The van der Waals surface area contributed by atoms with E-state index in [2.05, 4.69) is 44.3 Å². The van der Waals surface area contributed by atoms with Crippen molar-refractivity contribution in [2.24, 2.45) is 5.92 Å². The van der Waals surface area contributed by atoms with E-state index in [4.69, 9.17) is 9.84 Å². The highest BCUT2D eigenvalue weighted by Crippen LogP contribution is 2.32. The Bertz CT molecular complexity index is 442. The highest BCUT2D eigenvalue weighted by Gasteiger charge is 2.23. The van der Waals surface area contributed by atoms with Gasteiger partial charge in [-0.25, -0.2) is 0 Å². The zero-order valence-electron chi connectivity index (χ0n) is 12.6. The summed E-state index contributed by atoms with van der Waals surface area (Å²) < 4.78 is 6.17. The Labute approximate surface area is 135 Å². The van der Waals surface area contributed by atoms with Gasteiger partial charge in [-0.3, -0.25) is 0 Å². The Kier molecular flexibility index (Phi) is 6.96. The van der Waals surface area contributed by atoms with Gasteiger partial charge in [-0.2, -0.15) is 0 Å². The standard InChI is InChI=1S/C16H25BrN2O2/c1-21-9-6-18-11-14-2-3-16(15(17)10-14)19-7-4-13(12-19)5-8-20/h2-3,10,13,18,20H,4-9,11-12H2,1H3. The molecule has 4 nitrogen and oxygen atoms in total. The van der Waals surface area contributed by atoms with Gasteiger partial charge in [0.05, 0.1) is 12.3 Å². The van der Waals surface area contributed by atoms with Gasteiger partial charge >= 0.3 is 0 Å². The number of methoxy groups -OCH3 is 1. The molecule has 0 aromatic heterocycles. The molecule has 1 aliphatic rings. The summed E-state index contributed by atoms with van der Waals surface area (Å²) in [7, 11) is 1.72. The first-order chi connectivity index (χ1) is 10.2. The summed E-state index contributed by atoms with van der Waals surface area (Å²) >= 11 is 3.70. The molecule has 0 spiro atoms. The summed E-state index contributed by atoms with van der Waals surface area (Å²) in [6.07, 6.45) is 2.09. The molecule has 5 heteroatoms. The molecular weight excluding hydrogens is 332 g/mol. The third-order valence-electron chi connectivity index (χ3n) is 3.99. The number of ether oxygens (including phenoxy) is 1. The summed E-state index contributed by atoms with van der Waals surface area (Å²) in [6, 6.07) is 6.56. The second kappa shape index (κ2) is 8.73. The number of nitrogens with zero attached hydrogens (tertiary/aromatic N) is 1. The van der Waals surface area contributed by atoms with Crippen LogP contribution in [0.25, 0.3) is 0 Å². The number of hydrogen-bond donors (Lipinski definition) is 2. The molecule has 2 rings (SSSR count). The van der Waals surface area contributed by atoms with E-state index in [0.29, 0.717) is 12.5 Å². The molecule has 0 bridgehead atoms. The van der Waals surface area contributed by atoms with Crippen molar-refractivity contribution in [3.05, 3.63) is 28.2 Å².